The number of carbonyl (C=O) groups excluding carboxylic acids is 1. The van der Waals surface area contributed by atoms with Crippen molar-refractivity contribution in [3.63, 3.8) is 0 Å². The van der Waals surface area contributed by atoms with E-state index in [1.807, 2.05) is 16.3 Å². The molecule has 0 atom stereocenters. The van der Waals surface area contributed by atoms with Crippen molar-refractivity contribution in [1.82, 2.24) is 4.90 Å². The summed E-state index contributed by atoms with van der Waals surface area (Å²) in [7, 11) is 1.65. The van der Waals surface area contributed by atoms with Crippen molar-refractivity contribution in [2.45, 2.75) is 25.3 Å². The van der Waals surface area contributed by atoms with Crippen LogP contribution in [0.3, 0.4) is 0 Å². The Hall–Kier alpha value is -1.35. The Kier molecular flexibility index (Phi) is 5.60. The van der Waals surface area contributed by atoms with E-state index >= 15 is 0 Å². The Morgan fingerprint density at radius 1 is 1.60 bits per heavy atom. The number of hydrogen-bond acceptors (Lipinski definition) is 4. The highest BCUT2D eigenvalue weighted by atomic mass is 32.1. The first-order valence-corrected chi connectivity index (χ1v) is 7.62. The van der Waals surface area contributed by atoms with Gasteiger partial charge in [-0.25, -0.2) is 0 Å². The number of aliphatic hydroxyl groups excluding tert-OH is 1. The molecule has 1 fully saturated rings. The number of amides is 1. The van der Waals surface area contributed by atoms with E-state index < -0.39 is 0 Å². The highest BCUT2D eigenvalue weighted by Gasteiger charge is 2.32. The molecule has 1 amide bonds. The molecule has 2 rings (SSSR count). The van der Waals surface area contributed by atoms with Crippen LogP contribution in [0, 0.1) is 11.8 Å². The predicted octanol–water partition coefficient (Wildman–Crippen LogP) is 1.73. The number of aliphatic hydroxyl groups is 1. The molecule has 5 heteroatoms. The van der Waals surface area contributed by atoms with Crippen molar-refractivity contribution in [3.8, 4) is 11.8 Å². The largest absolute Gasteiger partial charge is 0.395 e. The maximum absolute atomic E-state index is 12.5. The number of carbonyl (C=O) groups is 1. The Bertz CT molecular complexity index is 511. The van der Waals surface area contributed by atoms with E-state index in [1.54, 1.807) is 7.11 Å². The first kappa shape index (κ1) is 15.0. The third-order valence-corrected chi connectivity index (χ3v) is 3.93. The lowest BCUT2D eigenvalue weighted by atomic mass is 10.2. The van der Waals surface area contributed by atoms with E-state index in [4.69, 9.17) is 9.84 Å². The Morgan fingerprint density at radius 3 is 3.05 bits per heavy atom. The summed E-state index contributed by atoms with van der Waals surface area (Å²) in [4.78, 5) is 15.2. The van der Waals surface area contributed by atoms with Crippen molar-refractivity contribution < 1.29 is 14.6 Å². The van der Waals surface area contributed by atoms with E-state index in [1.165, 1.54) is 11.3 Å². The maximum atomic E-state index is 12.5. The molecule has 1 aliphatic rings. The third kappa shape index (κ3) is 4.07. The summed E-state index contributed by atoms with van der Waals surface area (Å²) in [6.45, 7) is 1.27. The molecule has 1 saturated carbocycles. The van der Waals surface area contributed by atoms with Crippen LogP contribution in [0.1, 0.15) is 34.5 Å². The molecule has 4 nitrogen and oxygen atoms in total. The van der Waals surface area contributed by atoms with Gasteiger partial charge in [0.15, 0.2) is 0 Å². The van der Waals surface area contributed by atoms with Crippen LogP contribution in [0.15, 0.2) is 11.4 Å². The summed E-state index contributed by atoms with van der Waals surface area (Å²) < 4.78 is 5.07. The summed E-state index contributed by atoms with van der Waals surface area (Å²) in [5, 5.41) is 10.5. The van der Waals surface area contributed by atoms with Crippen molar-refractivity contribution in [2.75, 3.05) is 26.9 Å². The number of ether oxygens (including phenoxy) is 1. The van der Waals surface area contributed by atoms with Crippen molar-refractivity contribution in [2.24, 2.45) is 0 Å². The fourth-order valence-electron chi connectivity index (χ4n) is 1.91. The van der Waals surface area contributed by atoms with Gasteiger partial charge >= 0.3 is 0 Å². The molecule has 1 N–H and O–H groups in total. The number of hydrogen-bond donors (Lipinski definition) is 1. The minimum Gasteiger partial charge on any atom is -0.395 e. The first-order valence-electron chi connectivity index (χ1n) is 6.74. The van der Waals surface area contributed by atoms with Gasteiger partial charge in [0.1, 0.15) is 0 Å². The van der Waals surface area contributed by atoms with Crippen LogP contribution in [0.25, 0.3) is 0 Å². The fraction of sp³-hybridized carbons (Fsp3) is 0.533. The van der Waals surface area contributed by atoms with Crippen molar-refractivity contribution >= 4 is 17.2 Å². The van der Waals surface area contributed by atoms with E-state index in [2.05, 4.69) is 11.8 Å². The van der Waals surface area contributed by atoms with Gasteiger partial charge in [-0.1, -0.05) is 11.8 Å². The SMILES string of the molecule is COCCN(C(=O)c1csc(C#CCCO)c1)C1CC1. The molecule has 1 aromatic heterocycles. The molecular weight excluding hydrogens is 274 g/mol. The minimum atomic E-state index is 0.0657. The number of methoxy groups -OCH3 is 1. The van der Waals surface area contributed by atoms with Crippen LogP contribution in [0.2, 0.25) is 0 Å². The zero-order chi connectivity index (χ0) is 14.4. The van der Waals surface area contributed by atoms with E-state index in [0.29, 0.717) is 31.2 Å². The molecule has 0 spiro atoms. The predicted molar refractivity (Wildman–Crippen MR) is 78.8 cm³/mol. The van der Waals surface area contributed by atoms with Gasteiger partial charge in [0, 0.05) is 31.5 Å². The molecule has 1 aliphatic carbocycles. The first-order chi connectivity index (χ1) is 9.76. The maximum Gasteiger partial charge on any atom is 0.255 e. The molecule has 20 heavy (non-hydrogen) atoms. The van der Waals surface area contributed by atoms with Gasteiger partial charge in [-0.3, -0.25) is 4.79 Å². The lowest BCUT2D eigenvalue weighted by Crippen LogP contribution is -2.35. The van der Waals surface area contributed by atoms with Gasteiger partial charge in [-0.2, -0.15) is 0 Å². The number of rotatable bonds is 6. The summed E-state index contributed by atoms with van der Waals surface area (Å²) in [6.07, 6.45) is 2.63. The van der Waals surface area contributed by atoms with E-state index in [-0.39, 0.29) is 12.5 Å². The van der Waals surface area contributed by atoms with E-state index in [0.717, 1.165) is 17.7 Å². The fourth-order valence-corrected chi connectivity index (χ4v) is 2.66. The van der Waals surface area contributed by atoms with Gasteiger partial charge in [0.25, 0.3) is 5.91 Å². The zero-order valence-electron chi connectivity index (χ0n) is 11.6. The monoisotopic (exact) mass is 293 g/mol. The quantitative estimate of drug-likeness (QED) is 0.813. The molecule has 0 bridgehead atoms. The highest BCUT2D eigenvalue weighted by Crippen LogP contribution is 2.28. The summed E-state index contributed by atoms with van der Waals surface area (Å²) in [5.41, 5.74) is 0.700. The molecule has 0 aromatic carbocycles. The normalized spacial score (nSPS) is 13.7. The van der Waals surface area contributed by atoms with Crippen molar-refractivity contribution in [3.05, 3.63) is 21.9 Å². The Labute approximate surface area is 123 Å². The topological polar surface area (TPSA) is 49.8 Å². The molecule has 108 valence electrons. The summed E-state index contributed by atoms with van der Waals surface area (Å²) in [6, 6.07) is 2.21. The molecule has 0 aliphatic heterocycles. The average Bonchev–Trinajstić information content (AvgIpc) is 3.18. The van der Waals surface area contributed by atoms with E-state index in [9.17, 15) is 4.79 Å². The van der Waals surface area contributed by atoms with Crippen LogP contribution in [-0.4, -0.2) is 48.8 Å². The molecular formula is C15H19NO3S. The van der Waals surface area contributed by atoms with Crippen LogP contribution in [0.5, 0.6) is 0 Å². The van der Waals surface area contributed by atoms with Gasteiger partial charge < -0.3 is 14.7 Å². The highest BCUT2D eigenvalue weighted by molar-refractivity contribution is 7.10. The minimum absolute atomic E-state index is 0.0657. The standard InChI is InChI=1S/C15H19NO3S/c1-19-9-7-16(13-5-6-13)15(18)12-10-14(20-11-12)4-2-3-8-17/h10-11,13,17H,3,5-9H2,1H3. The smallest absolute Gasteiger partial charge is 0.255 e. The van der Waals surface area contributed by atoms with Gasteiger partial charge in [0.2, 0.25) is 0 Å². The van der Waals surface area contributed by atoms with Crippen LogP contribution >= 0.6 is 11.3 Å². The summed E-state index contributed by atoms with van der Waals surface area (Å²) in [5.74, 6) is 5.89. The molecule has 0 saturated heterocycles. The molecule has 1 aromatic rings. The average molecular weight is 293 g/mol. The van der Waals surface area contributed by atoms with Crippen LogP contribution < -0.4 is 0 Å². The zero-order valence-corrected chi connectivity index (χ0v) is 12.4. The van der Waals surface area contributed by atoms with Crippen LogP contribution in [-0.2, 0) is 4.74 Å². The summed E-state index contributed by atoms with van der Waals surface area (Å²) >= 11 is 1.47. The third-order valence-electron chi connectivity index (χ3n) is 3.08. The Morgan fingerprint density at radius 2 is 2.40 bits per heavy atom. The second-order valence-electron chi connectivity index (χ2n) is 4.70. The van der Waals surface area contributed by atoms with Gasteiger partial charge in [0.05, 0.1) is 23.7 Å². The molecule has 0 radical (unpaired) electrons. The number of thiophene rings is 1. The Balaban J connectivity index is 2.02. The van der Waals surface area contributed by atoms with Gasteiger partial charge in [-0.15, -0.1) is 11.3 Å². The lowest BCUT2D eigenvalue weighted by Gasteiger charge is -2.21. The second-order valence-corrected chi connectivity index (χ2v) is 5.61. The molecule has 1 heterocycles. The second kappa shape index (κ2) is 7.44. The van der Waals surface area contributed by atoms with Crippen LogP contribution in [0.4, 0.5) is 0 Å². The number of nitrogens with zero attached hydrogens (tertiary/aromatic N) is 1. The van der Waals surface area contributed by atoms with Crippen molar-refractivity contribution in [1.29, 1.82) is 0 Å². The van der Waals surface area contributed by atoms with Gasteiger partial charge in [-0.05, 0) is 18.9 Å². The molecule has 0 unspecified atom stereocenters. The lowest BCUT2D eigenvalue weighted by molar-refractivity contribution is 0.0680.